The van der Waals surface area contributed by atoms with Crippen LogP contribution in [-0.2, 0) is 0 Å². The maximum atomic E-state index is 2.37. The molecule has 0 heteroatoms. The van der Waals surface area contributed by atoms with Crippen molar-refractivity contribution in [2.24, 2.45) is 0 Å². The van der Waals surface area contributed by atoms with Gasteiger partial charge >= 0.3 is 0 Å². The minimum absolute atomic E-state index is 0.423. The summed E-state index contributed by atoms with van der Waals surface area (Å²) in [4.78, 5) is 0. The molecule has 0 nitrogen and oxygen atoms in total. The molecule has 3 aromatic rings. The van der Waals surface area contributed by atoms with Crippen molar-refractivity contribution in [2.45, 2.75) is 31.6 Å². The van der Waals surface area contributed by atoms with Crippen molar-refractivity contribution < 1.29 is 0 Å². The first-order valence-corrected chi connectivity index (χ1v) is 9.20. The number of benzene rings is 3. The second-order valence-corrected chi connectivity index (χ2v) is 6.54. The van der Waals surface area contributed by atoms with Crippen LogP contribution in [0, 0.1) is 0 Å². The average molecular weight is 326 g/mol. The van der Waals surface area contributed by atoms with Gasteiger partial charge in [-0.15, -0.1) is 0 Å². The molecule has 0 saturated heterocycles. The SMILES string of the molecule is CCC(CC(/C=C\c1ccccc1)c1ccccc1)c1ccccc1. The molecule has 0 spiro atoms. The largest absolute Gasteiger partial charge is 0.0764 e. The topological polar surface area (TPSA) is 0 Å². The van der Waals surface area contributed by atoms with Crippen LogP contribution >= 0.6 is 0 Å². The van der Waals surface area contributed by atoms with Crippen LogP contribution in [0.2, 0.25) is 0 Å². The van der Waals surface area contributed by atoms with Gasteiger partial charge in [-0.1, -0.05) is 110 Å². The van der Waals surface area contributed by atoms with E-state index in [0.29, 0.717) is 11.8 Å². The van der Waals surface area contributed by atoms with E-state index < -0.39 is 0 Å². The smallest absolute Gasteiger partial charge is 0.00271 e. The van der Waals surface area contributed by atoms with E-state index in [1.165, 1.54) is 16.7 Å². The molecule has 0 aromatic heterocycles. The highest BCUT2D eigenvalue weighted by molar-refractivity contribution is 5.50. The average Bonchev–Trinajstić information content (AvgIpc) is 2.70. The van der Waals surface area contributed by atoms with Crippen molar-refractivity contribution in [1.82, 2.24) is 0 Å². The van der Waals surface area contributed by atoms with E-state index in [0.717, 1.165) is 12.8 Å². The first kappa shape index (κ1) is 17.2. The van der Waals surface area contributed by atoms with Gasteiger partial charge in [0.05, 0.1) is 0 Å². The van der Waals surface area contributed by atoms with Gasteiger partial charge in [0.1, 0.15) is 0 Å². The number of hydrogen-bond donors (Lipinski definition) is 0. The van der Waals surface area contributed by atoms with E-state index in [1.807, 2.05) is 0 Å². The zero-order valence-electron chi connectivity index (χ0n) is 14.9. The molecule has 0 bridgehead atoms. The first-order valence-electron chi connectivity index (χ1n) is 9.20. The molecule has 0 saturated carbocycles. The summed E-state index contributed by atoms with van der Waals surface area (Å²) in [5, 5.41) is 0. The van der Waals surface area contributed by atoms with Crippen molar-refractivity contribution in [2.75, 3.05) is 0 Å². The van der Waals surface area contributed by atoms with Crippen molar-refractivity contribution in [3.05, 3.63) is 114 Å². The summed E-state index contributed by atoms with van der Waals surface area (Å²) in [5.41, 5.74) is 4.10. The molecule has 0 aliphatic heterocycles. The summed E-state index contributed by atoms with van der Waals surface area (Å²) < 4.78 is 0. The fourth-order valence-electron chi connectivity index (χ4n) is 3.39. The summed E-state index contributed by atoms with van der Waals surface area (Å²) in [6.45, 7) is 2.29. The first-order chi connectivity index (χ1) is 12.4. The third-order valence-electron chi connectivity index (χ3n) is 4.85. The van der Waals surface area contributed by atoms with Crippen LogP contribution < -0.4 is 0 Å². The van der Waals surface area contributed by atoms with Gasteiger partial charge in [0.2, 0.25) is 0 Å². The zero-order chi connectivity index (χ0) is 17.3. The standard InChI is InChI=1S/C25H26/c1-2-22(23-14-8-4-9-15-23)20-25(24-16-10-5-11-17-24)19-18-21-12-6-3-7-13-21/h3-19,22,25H,2,20H2,1H3/b19-18-. The third kappa shape index (κ3) is 4.93. The molecule has 0 aliphatic carbocycles. The normalized spacial score (nSPS) is 13.6. The molecule has 3 rings (SSSR count). The van der Waals surface area contributed by atoms with Crippen molar-refractivity contribution in [3.63, 3.8) is 0 Å². The van der Waals surface area contributed by atoms with E-state index in [1.54, 1.807) is 0 Å². The molecular formula is C25H26. The molecule has 0 fully saturated rings. The van der Waals surface area contributed by atoms with E-state index in [4.69, 9.17) is 0 Å². The third-order valence-corrected chi connectivity index (χ3v) is 4.85. The Hall–Kier alpha value is -2.60. The predicted octanol–water partition coefficient (Wildman–Crippen LogP) is 7.07. The summed E-state index contributed by atoms with van der Waals surface area (Å²) >= 11 is 0. The van der Waals surface area contributed by atoms with Crippen LogP contribution in [0.4, 0.5) is 0 Å². The quantitative estimate of drug-likeness (QED) is 0.435. The number of hydrogen-bond acceptors (Lipinski definition) is 0. The van der Waals surface area contributed by atoms with Gasteiger partial charge in [-0.2, -0.15) is 0 Å². The second kappa shape index (κ2) is 9.03. The Balaban J connectivity index is 1.85. The minimum atomic E-state index is 0.423. The number of allylic oxidation sites excluding steroid dienone is 1. The fourth-order valence-corrected chi connectivity index (χ4v) is 3.39. The summed E-state index contributed by atoms with van der Waals surface area (Å²) in [5.74, 6) is 0.999. The fraction of sp³-hybridized carbons (Fsp3) is 0.200. The molecule has 0 heterocycles. The van der Waals surface area contributed by atoms with Gasteiger partial charge in [-0.05, 0) is 35.4 Å². The van der Waals surface area contributed by atoms with Gasteiger partial charge in [0.15, 0.2) is 0 Å². The van der Waals surface area contributed by atoms with Crippen molar-refractivity contribution >= 4 is 6.08 Å². The Morgan fingerprint density at radius 3 is 1.76 bits per heavy atom. The lowest BCUT2D eigenvalue weighted by Crippen LogP contribution is -2.04. The lowest BCUT2D eigenvalue weighted by Gasteiger charge is -2.21. The van der Waals surface area contributed by atoms with Crippen LogP contribution in [0.3, 0.4) is 0 Å². The monoisotopic (exact) mass is 326 g/mol. The molecule has 25 heavy (non-hydrogen) atoms. The lowest BCUT2D eigenvalue weighted by atomic mass is 9.83. The molecule has 0 radical (unpaired) electrons. The molecule has 3 aromatic carbocycles. The van der Waals surface area contributed by atoms with Gasteiger partial charge in [0, 0.05) is 5.92 Å². The van der Waals surface area contributed by atoms with Crippen LogP contribution in [0.15, 0.2) is 97.1 Å². The van der Waals surface area contributed by atoms with Gasteiger partial charge in [-0.3, -0.25) is 0 Å². The van der Waals surface area contributed by atoms with Crippen molar-refractivity contribution in [3.8, 4) is 0 Å². The Morgan fingerprint density at radius 1 is 0.680 bits per heavy atom. The Morgan fingerprint density at radius 2 is 1.20 bits per heavy atom. The molecule has 0 N–H and O–H groups in total. The van der Waals surface area contributed by atoms with Gasteiger partial charge in [0.25, 0.3) is 0 Å². The molecule has 0 amide bonds. The highest BCUT2D eigenvalue weighted by Crippen LogP contribution is 2.33. The second-order valence-electron chi connectivity index (χ2n) is 6.54. The molecule has 0 aliphatic rings. The van der Waals surface area contributed by atoms with Crippen LogP contribution in [0.25, 0.3) is 6.08 Å². The highest BCUT2D eigenvalue weighted by atomic mass is 14.2. The van der Waals surface area contributed by atoms with E-state index in [2.05, 4.69) is 110 Å². The Labute approximate surface area is 151 Å². The predicted molar refractivity (Wildman–Crippen MR) is 109 cm³/mol. The maximum Gasteiger partial charge on any atom is 0.00271 e. The van der Waals surface area contributed by atoms with Gasteiger partial charge < -0.3 is 0 Å². The van der Waals surface area contributed by atoms with Crippen LogP contribution in [-0.4, -0.2) is 0 Å². The molecule has 2 unspecified atom stereocenters. The Kier molecular flexibility index (Phi) is 6.23. The maximum absolute atomic E-state index is 2.37. The van der Waals surface area contributed by atoms with Gasteiger partial charge in [-0.25, -0.2) is 0 Å². The zero-order valence-corrected chi connectivity index (χ0v) is 14.9. The highest BCUT2D eigenvalue weighted by Gasteiger charge is 2.16. The molecule has 126 valence electrons. The van der Waals surface area contributed by atoms with E-state index >= 15 is 0 Å². The van der Waals surface area contributed by atoms with E-state index in [9.17, 15) is 0 Å². The minimum Gasteiger partial charge on any atom is -0.0764 e. The molecule has 2 atom stereocenters. The van der Waals surface area contributed by atoms with Crippen LogP contribution in [0.1, 0.15) is 48.3 Å². The van der Waals surface area contributed by atoms with Crippen molar-refractivity contribution in [1.29, 1.82) is 0 Å². The van der Waals surface area contributed by atoms with E-state index in [-0.39, 0.29) is 0 Å². The summed E-state index contributed by atoms with van der Waals surface area (Å²) in [7, 11) is 0. The Bertz CT molecular complexity index is 757. The van der Waals surface area contributed by atoms with Crippen LogP contribution in [0.5, 0.6) is 0 Å². The lowest BCUT2D eigenvalue weighted by molar-refractivity contribution is 0.571. The summed E-state index contributed by atoms with van der Waals surface area (Å²) in [6.07, 6.45) is 6.92. The summed E-state index contributed by atoms with van der Waals surface area (Å²) in [6, 6.07) is 32.4. The molecular weight excluding hydrogens is 300 g/mol. The number of rotatable bonds is 7.